The maximum atomic E-state index is 12.8. The highest BCUT2D eigenvalue weighted by Crippen LogP contribution is 2.28. The summed E-state index contributed by atoms with van der Waals surface area (Å²) in [6.45, 7) is 7.63. The summed E-state index contributed by atoms with van der Waals surface area (Å²) in [6, 6.07) is 3.65. The van der Waals surface area contributed by atoms with Gasteiger partial charge in [-0.2, -0.15) is 0 Å². The minimum atomic E-state index is -0.0494. The van der Waals surface area contributed by atoms with E-state index in [2.05, 4.69) is 15.2 Å². The van der Waals surface area contributed by atoms with E-state index >= 15 is 0 Å². The van der Waals surface area contributed by atoms with Gasteiger partial charge in [0.1, 0.15) is 5.69 Å². The third-order valence-electron chi connectivity index (χ3n) is 4.33. The van der Waals surface area contributed by atoms with Crippen LogP contribution in [0.3, 0.4) is 0 Å². The quantitative estimate of drug-likeness (QED) is 0.834. The van der Waals surface area contributed by atoms with Crippen LogP contribution in [0.1, 0.15) is 28.7 Å². The number of hydrogen-bond donors (Lipinski definition) is 1. The average molecular weight is 376 g/mol. The Morgan fingerprint density at radius 3 is 2.73 bits per heavy atom. The summed E-state index contributed by atoms with van der Waals surface area (Å²) < 4.78 is 5.37. The van der Waals surface area contributed by atoms with Gasteiger partial charge in [0, 0.05) is 37.6 Å². The summed E-state index contributed by atoms with van der Waals surface area (Å²) >= 11 is 1.47. The predicted octanol–water partition coefficient (Wildman–Crippen LogP) is 2.00. The molecule has 1 saturated heterocycles. The maximum absolute atomic E-state index is 12.8. The summed E-state index contributed by atoms with van der Waals surface area (Å²) in [4.78, 5) is 33.9. The van der Waals surface area contributed by atoms with Crippen molar-refractivity contribution in [3.8, 4) is 10.8 Å². The number of rotatable bonds is 6. The van der Waals surface area contributed by atoms with Crippen molar-refractivity contribution in [3.63, 3.8) is 0 Å². The van der Waals surface area contributed by atoms with Crippen LogP contribution in [-0.4, -0.2) is 65.9 Å². The van der Waals surface area contributed by atoms with Crippen molar-refractivity contribution in [3.05, 3.63) is 29.0 Å². The average Bonchev–Trinajstić information content (AvgIpc) is 3.29. The Labute approximate surface area is 157 Å². The standard InChI is InChI=1S/C18H24N4O3S/c1-3-6-19-15(23)12-21-7-9-22(10-8-21)18(24)16-13(2)26-17(20-16)14-5-4-11-25-14/h4-5,11H,3,6-10,12H2,1-2H3,(H,19,23). The van der Waals surface area contributed by atoms with Crippen molar-refractivity contribution in [1.82, 2.24) is 20.1 Å². The lowest BCUT2D eigenvalue weighted by molar-refractivity contribution is -0.122. The molecule has 2 aromatic heterocycles. The van der Waals surface area contributed by atoms with Gasteiger partial charge in [-0.05, 0) is 25.5 Å². The van der Waals surface area contributed by atoms with E-state index in [1.807, 2.05) is 30.9 Å². The SMILES string of the molecule is CCCNC(=O)CN1CCN(C(=O)c2nc(-c3ccco3)sc2C)CC1. The highest BCUT2D eigenvalue weighted by molar-refractivity contribution is 7.15. The molecule has 0 aromatic carbocycles. The molecule has 3 heterocycles. The second-order valence-electron chi connectivity index (χ2n) is 6.32. The molecule has 0 aliphatic carbocycles. The van der Waals surface area contributed by atoms with E-state index in [4.69, 9.17) is 4.42 Å². The van der Waals surface area contributed by atoms with Crippen LogP contribution >= 0.6 is 11.3 Å². The summed E-state index contributed by atoms with van der Waals surface area (Å²) in [6.07, 6.45) is 2.53. The van der Waals surface area contributed by atoms with E-state index in [1.165, 1.54) is 11.3 Å². The molecule has 2 amide bonds. The van der Waals surface area contributed by atoms with Gasteiger partial charge in [-0.15, -0.1) is 11.3 Å². The third-order valence-corrected chi connectivity index (χ3v) is 5.32. The van der Waals surface area contributed by atoms with E-state index in [-0.39, 0.29) is 11.8 Å². The lowest BCUT2D eigenvalue weighted by atomic mass is 10.2. The zero-order chi connectivity index (χ0) is 18.5. The summed E-state index contributed by atoms with van der Waals surface area (Å²) in [5.41, 5.74) is 0.496. The van der Waals surface area contributed by atoms with Gasteiger partial charge in [0.05, 0.1) is 12.8 Å². The first-order valence-corrected chi connectivity index (χ1v) is 9.69. The van der Waals surface area contributed by atoms with Crippen molar-refractivity contribution < 1.29 is 14.0 Å². The van der Waals surface area contributed by atoms with Gasteiger partial charge in [0.25, 0.3) is 5.91 Å². The van der Waals surface area contributed by atoms with Gasteiger partial charge in [0.2, 0.25) is 5.91 Å². The van der Waals surface area contributed by atoms with Crippen molar-refractivity contribution >= 4 is 23.2 Å². The molecule has 0 atom stereocenters. The van der Waals surface area contributed by atoms with Crippen molar-refractivity contribution in [2.45, 2.75) is 20.3 Å². The van der Waals surface area contributed by atoms with Crippen LogP contribution in [0.2, 0.25) is 0 Å². The number of aromatic nitrogens is 1. The van der Waals surface area contributed by atoms with Crippen LogP contribution in [0.5, 0.6) is 0 Å². The summed E-state index contributed by atoms with van der Waals surface area (Å²) in [5, 5.41) is 3.61. The lowest BCUT2D eigenvalue weighted by Gasteiger charge is -2.34. The molecule has 0 bridgehead atoms. The van der Waals surface area contributed by atoms with E-state index in [0.717, 1.165) is 16.3 Å². The number of hydrogen-bond acceptors (Lipinski definition) is 6. The van der Waals surface area contributed by atoms with Gasteiger partial charge in [-0.1, -0.05) is 6.92 Å². The van der Waals surface area contributed by atoms with E-state index in [0.29, 0.717) is 50.7 Å². The lowest BCUT2D eigenvalue weighted by Crippen LogP contribution is -2.51. The number of furan rings is 1. The van der Waals surface area contributed by atoms with E-state index in [1.54, 1.807) is 6.26 Å². The van der Waals surface area contributed by atoms with E-state index in [9.17, 15) is 9.59 Å². The zero-order valence-electron chi connectivity index (χ0n) is 15.2. The largest absolute Gasteiger partial charge is 0.462 e. The fraction of sp³-hybridized carbons (Fsp3) is 0.500. The van der Waals surface area contributed by atoms with Crippen LogP contribution in [0.25, 0.3) is 10.8 Å². The van der Waals surface area contributed by atoms with Crippen molar-refractivity contribution in [2.24, 2.45) is 0 Å². The molecule has 1 fully saturated rings. The fourth-order valence-electron chi connectivity index (χ4n) is 2.88. The predicted molar refractivity (Wildman–Crippen MR) is 100 cm³/mol. The number of thiazole rings is 1. The number of piperazine rings is 1. The maximum Gasteiger partial charge on any atom is 0.273 e. The Balaban J connectivity index is 1.56. The molecule has 140 valence electrons. The van der Waals surface area contributed by atoms with Gasteiger partial charge in [-0.3, -0.25) is 14.5 Å². The number of aryl methyl sites for hydroxylation is 1. The highest BCUT2D eigenvalue weighted by atomic mass is 32.1. The Morgan fingerprint density at radius 2 is 2.08 bits per heavy atom. The number of nitrogens with one attached hydrogen (secondary N) is 1. The van der Waals surface area contributed by atoms with Crippen LogP contribution in [-0.2, 0) is 4.79 Å². The Kier molecular flexibility index (Phi) is 6.05. The minimum absolute atomic E-state index is 0.0464. The smallest absolute Gasteiger partial charge is 0.273 e. The molecule has 26 heavy (non-hydrogen) atoms. The first-order chi connectivity index (χ1) is 12.6. The molecule has 0 unspecified atom stereocenters. The molecule has 1 aliphatic heterocycles. The third kappa shape index (κ3) is 4.31. The van der Waals surface area contributed by atoms with Crippen molar-refractivity contribution in [1.29, 1.82) is 0 Å². The monoisotopic (exact) mass is 376 g/mol. The molecule has 2 aromatic rings. The van der Waals surface area contributed by atoms with Crippen LogP contribution in [0.15, 0.2) is 22.8 Å². The molecule has 1 aliphatic rings. The molecule has 0 radical (unpaired) electrons. The van der Waals surface area contributed by atoms with Gasteiger partial charge < -0.3 is 14.6 Å². The number of nitrogens with zero attached hydrogens (tertiary/aromatic N) is 3. The second-order valence-corrected chi connectivity index (χ2v) is 7.52. The normalized spacial score (nSPS) is 15.2. The molecule has 0 spiro atoms. The number of amides is 2. The number of carbonyl (C=O) groups is 2. The van der Waals surface area contributed by atoms with Gasteiger partial charge in [0.15, 0.2) is 10.8 Å². The Hall–Kier alpha value is -2.19. The molecular weight excluding hydrogens is 352 g/mol. The second kappa shape index (κ2) is 8.46. The first kappa shape index (κ1) is 18.6. The molecular formula is C18H24N4O3S. The molecule has 7 nitrogen and oxygen atoms in total. The molecule has 0 saturated carbocycles. The van der Waals surface area contributed by atoms with Crippen molar-refractivity contribution in [2.75, 3.05) is 39.3 Å². The van der Waals surface area contributed by atoms with Crippen LogP contribution in [0, 0.1) is 6.92 Å². The van der Waals surface area contributed by atoms with E-state index < -0.39 is 0 Å². The highest BCUT2D eigenvalue weighted by Gasteiger charge is 2.26. The van der Waals surface area contributed by atoms with Gasteiger partial charge >= 0.3 is 0 Å². The zero-order valence-corrected chi connectivity index (χ0v) is 16.0. The minimum Gasteiger partial charge on any atom is -0.462 e. The Bertz CT molecular complexity index is 749. The molecule has 8 heteroatoms. The summed E-state index contributed by atoms with van der Waals surface area (Å²) in [7, 11) is 0. The van der Waals surface area contributed by atoms with Crippen LogP contribution < -0.4 is 5.32 Å². The Morgan fingerprint density at radius 1 is 1.31 bits per heavy atom. The fourth-order valence-corrected chi connectivity index (χ4v) is 3.76. The van der Waals surface area contributed by atoms with Crippen LogP contribution in [0.4, 0.5) is 0 Å². The first-order valence-electron chi connectivity index (χ1n) is 8.88. The van der Waals surface area contributed by atoms with Gasteiger partial charge in [-0.25, -0.2) is 4.98 Å². The molecule has 3 rings (SSSR count). The molecule has 1 N–H and O–H groups in total. The number of carbonyl (C=O) groups excluding carboxylic acids is 2. The summed E-state index contributed by atoms with van der Waals surface area (Å²) in [5.74, 6) is 0.678. The topological polar surface area (TPSA) is 78.7 Å².